The highest BCUT2D eigenvalue weighted by Gasteiger charge is 2.16. The molecule has 0 radical (unpaired) electrons. The van der Waals surface area contributed by atoms with Gasteiger partial charge in [-0.2, -0.15) is 0 Å². The molecule has 3 heteroatoms. The van der Waals surface area contributed by atoms with Gasteiger partial charge in [0.15, 0.2) is 0 Å². The van der Waals surface area contributed by atoms with Crippen LogP contribution in [0.4, 0.5) is 0 Å². The van der Waals surface area contributed by atoms with Crippen LogP contribution < -0.4 is 5.32 Å². The van der Waals surface area contributed by atoms with Gasteiger partial charge in [-0.15, -0.1) is 11.3 Å². The fourth-order valence-electron chi connectivity index (χ4n) is 1.71. The Hall–Kier alpha value is -0.380. The van der Waals surface area contributed by atoms with E-state index in [4.69, 9.17) is 4.74 Å². The number of morpholine rings is 1. The monoisotopic (exact) mass is 211 g/mol. The summed E-state index contributed by atoms with van der Waals surface area (Å²) >= 11 is 1.92. The molecule has 1 unspecified atom stereocenters. The van der Waals surface area contributed by atoms with Gasteiger partial charge in [0.1, 0.15) is 0 Å². The van der Waals surface area contributed by atoms with Crippen molar-refractivity contribution in [2.45, 2.75) is 25.8 Å². The summed E-state index contributed by atoms with van der Waals surface area (Å²) in [4.78, 5) is 2.92. The molecule has 2 rings (SSSR count). The second-order valence-electron chi connectivity index (χ2n) is 3.64. The molecule has 78 valence electrons. The molecule has 2 heterocycles. The molecule has 0 amide bonds. The molecule has 0 aromatic carbocycles. The van der Waals surface area contributed by atoms with Crippen LogP contribution in [-0.2, 0) is 11.2 Å². The summed E-state index contributed by atoms with van der Waals surface area (Å²) < 4.78 is 5.45. The minimum absolute atomic E-state index is 0.430. The maximum absolute atomic E-state index is 5.45. The van der Waals surface area contributed by atoms with Crippen molar-refractivity contribution in [3.8, 4) is 0 Å². The first-order valence-corrected chi connectivity index (χ1v) is 6.11. The van der Waals surface area contributed by atoms with Crippen LogP contribution in [-0.4, -0.2) is 19.8 Å². The lowest BCUT2D eigenvalue weighted by Crippen LogP contribution is -2.33. The molecule has 0 spiro atoms. The van der Waals surface area contributed by atoms with Crippen molar-refractivity contribution in [1.29, 1.82) is 0 Å². The van der Waals surface area contributed by atoms with Crippen LogP contribution in [0.2, 0.25) is 0 Å². The molecule has 1 aliphatic heterocycles. The van der Waals surface area contributed by atoms with Gasteiger partial charge in [0.25, 0.3) is 0 Å². The highest BCUT2D eigenvalue weighted by atomic mass is 32.1. The van der Waals surface area contributed by atoms with Gasteiger partial charge in [-0.3, -0.25) is 0 Å². The Kier molecular flexibility index (Phi) is 3.56. The smallest absolute Gasteiger partial charge is 0.0670 e. The van der Waals surface area contributed by atoms with Crippen molar-refractivity contribution in [2.24, 2.45) is 0 Å². The molecule has 0 bridgehead atoms. The summed E-state index contributed by atoms with van der Waals surface area (Å²) in [6.07, 6.45) is 2.44. The van der Waals surface area contributed by atoms with E-state index < -0.39 is 0 Å². The maximum Gasteiger partial charge on any atom is 0.0670 e. The van der Waals surface area contributed by atoms with Crippen LogP contribution in [0, 0.1) is 0 Å². The Morgan fingerprint density at radius 2 is 2.50 bits per heavy atom. The first-order valence-electron chi connectivity index (χ1n) is 5.30. The second kappa shape index (κ2) is 4.91. The van der Waals surface area contributed by atoms with Crippen LogP contribution in [0.5, 0.6) is 0 Å². The Morgan fingerprint density at radius 1 is 1.57 bits per heavy atom. The van der Waals surface area contributed by atoms with E-state index in [1.54, 1.807) is 0 Å². The molecule has 1 aromatic heterocycles. The van der Waals surface area contributed by atoms with Crippen LogP contribution in [0.15, 0.2) is 12.1 Å². The lowest BCUT2D eigenvalue weighted by atomic mass is 10.2. The van der Waals surface area contributed by atoms with Gasteiger partial charge in [0.2, 0.25) is 0 Å². The first kappa shape index (κ1) is 10.1. The van der Waals surface area contributed by atoms with Crippen molar-refractivity contribution in [1.82, 2.24) is 5.32 Å². The van der Waals surface area contributed by atoms with Crippen molar-refractivity contribution in [3.63, 3.8) is 0 Å². The maximum atomic E-state index is 5.45. The van der Waals surface area contributed by atoms with Gasteiger partial charge in [-0.25, -0.2) is 0 Å². The Labute approximate surface area is 89.3 Å². The summed E-state index contributed by atoms with van der Waals surface area (Å²) in [7, 11) is 0. The van der Waals surface area contributed by atoms with Gasteiger partial charge in [0.05, 0.1) is 19.3 Å². The zero-order chi connectivity index (χ0) is 9.80. The fraction of sp³-hybridized carbons (Fsp3) is 0.636. The molecular weight excluding hydrogens is 194 g/mol. The standard InChI is InChI=1S/C11H17NOS/c1-2-3-9-4-5-11(14-9)10-8-13-7-6-12-10/h4-5,10,12H,2-3,6-8H2,1H3. The van der Waals surface area contributed by atoms with Crippen LogP contribution in [0.3, 0.4) is 0 Å². The van der Waals surface area contributed by atoms with Gasteiger partial charge < -0.3 is 10.1 Å². The summed E-state index contributed by atoms with van der Waals surface area (Å²) in [5, 5.41) is 3.48. The highest BCUT2D eigenvalue weighted by molar-refractivity contribution is 7.12. The first-order chi connectivity index (χ1) is 6.90. The Balaban J connectivity index is 2.00. The van der Waals surface area contributed by atoms with E-state index in [0.717, 1.165) is 19.8 Å². The molecular formula is C11H17NOS. The Bertz CT molecular complexity index is 279. The minimum Gasteiger partial charge on any atom is -0.378 e. The molecule has 1 saturated heterocycles. The van der Waals surface area contributed by atoms with E-state index in [2.05, 4.69) is 24.4 Å². The summed E-state index contributed by atoms with van der Waals surface area (Å²) in [6, 6.07) is 4.92. The van der Waals surface area contributed by atoms with E-state index in [9.17, 15) is 0 Å². The predicted octanol–water partition coefficient (Wildman–Crippen LogP) is 2.36. The molecule has 1 N–H and O–H groups in total. The van der Waals surface area contributed by atoms with Crippen molar-refractivity contribution in [2.75, 3.05) is 19.8 Å². The topological polar surface area (TPSA) is 21.3 Å². The molecule has 14 heavy (non-hydrogen) atoms. The molecule has 1 aliphatic rings. The zero-order valence-electron chi connectivity index (χ0n) is 8.58. The van der Waals surface area contributed by atoms with Crippen molar-refractivity contribution < 1.29 is 4.74 Å². The number of hydrogen-bond donors (Lipinski definition) is 1. The summed E-state index contributed by atoms with van der Waals surface area (Å²) in [5.74, 6) is 0. The molecule has 1 fully saturated rings. The SMILES string of the molecule is CCCc1ccc(C2COCCN2)s1. The van der Waals surface area contributed by atoms with Crippen molar-refractivity contribution in [3.05, 3.63) is 21.9 Å². The Morgan fingerprint density at radius 3 is 3.21 bits per heavy atom. The van der Waals surface area contributed by atoms with Gasteiger partial charge >= 0.3 is 0 Å². The molecule has 0 aliphatic carbocycles. The van der Waals surface area contributed by atoms with Crippen LogP contribution >= 0.6 is 11.3 Å². The average molecular weight is 211 g/mol. The zero-order valence-corrected chi connectivity index (χ0v) is 9.40. The van der Waals surface area contributed by atoms with Gasteiger partial charge in [-0.05, 0) is 18.6 Å². The lowest BCUT2D eigenvalue weighted by Gasteiger charge is -2.22. The third kappa shape index (κ3) is 2.35. The molecule has 1 atom stereocenters. The number of hydrogen-bond acceptors (Lipinski definition) is 3. The fourth-order valence-corrected chi connectivity index (χ4v) is 2.89. The van der Waals surface area contributed by atoms with E-state index >= 15 is 0 Å². The van der Waals surface area contributed by atoms with Crippen LogP contribution in [0.25, 0.3) is 0 Å². The van der Waals surface area contributed by atoms with E-state index in [0.29, 0.717) is 6.04 Å². The number of aryl methyl sites for hydroxylation is 1. The number of nitrogens with one attached hydrogen (secondary N) is 1. The molecule has 2 nitrogen and oxygen atoms in total. The predicted molar refractivity (Wildman–Crippen MR) is 59.9 cm³/mol. The third-order valence-corrected chi connectivity index (χ3v) is 3.70. The van der Waals surface area contributed by atoms with Crippen molar-refractivity contribution >= 4 is 11.3 Å². The largest absolute Gasteiger partial charge is 0.378 e. The minimum atomic E-state index is 0.430. The van der Waals surface area contributed by atoms with Gasteiger partial charge in [-0.1, -0.05) is 13.3 Å². The van der Waals surface area contributed by atoms with E-state index in [1.165, 1.54) is 22.6 Å². The van der Waals surface area contributed by atoms with E-state index in [1.807, 2.05) is 11.3 Å². The quantitative estimate of drug-likeness (QED) is 0.828. The third-order valence-electron chi connectivity index (χ3n) is 2.44. The summed E-state index contributed by atoms with van der Waals surface area (Å²) in [6.45, 7) is 4.88. The number of thiophene rings is 1. The van der Waals surface area contributed by atoms with Gasteiger partial charge in [0, 0.05) is 16.3 Å². The van der Waals surface area contributed by atoms with E-state index in [-0.39, 0.29) is 0 Å². The number of rotatable bonds is 3. The molecule has 1 aromatic rings. The number of ether oxygens (including phenoxy) is 1. The summed E-state index contributed by atoms with van der Waals surface area (Å²) in [5.41, 5.74) is 0. The lowest BCUT2D eigenvalue weighted by molar-refractivity contribution is 0.0779. The second-order valence-corrected chi connectivity index (χ2v) is 4.84. The van der Waals surface area contributed by atoms with Crippen LogP contribution in [0.1, 0.15) is 29.1 Å². The average Bonchev–Trinajstić information content (AvgIpc) is 2.68. The normalized spacial score (nSPS) is 22.5. The highest BCUT2D eigenvalue weighted by Crippen LogP contribution is 2.25. The molecule has 0 saturated carbocycles.